The Labute approximate surface area is 119 Å². The van der Waals surface area contributed by atoms with Crippen LogP contribution in [0.1, 0.15) is 18.5 Å². The number of nitrogens with one attached hydrogen (secondary N) is 1. The predicted molar refractivity (Wildman–Crippen MR) is 76.8 cm³/mol. The van der Waals surface area contributed by atoms with Crippen molar-refractivity contribution in [1.29, 1.82) is 0 Å². The van der Waals surface area contributed by atoms with Gasteiger partial charge in [-0.25, -0.2) is 0 Å². The Balaban J connectivity index is 1.84. The molecule has 5 heteroatoms. The molecule has 2 rings (SSSR count). The summed E-state index contributed by atoms with van der Waals surface area (Å²) in [7, 11) is 1.65. The van der Waals surface area contributed by atoms with E-state index in [2.05, 4.69) is 5.32 Å². The monoisotopic (exact) mass is 278 g/mol. The normalized spacial score (nSPS) is 16.8. The lowest BCUT2D eigenvalue weighted by atomic mass is 10.1. The molecule has 0 bridgehead atoms. The van der Waals surface area contributed by atoms with Crippen LogP contribution in [0.15, 0.2) is 24.3 Å². The van der Waals surface area contributed by atoms with Crippen molar-refractivity contribution >= 4 is 5.91 Å². The second-order valence-electron chi connectivity index (χ2n) is 4.87. The molecule has 110 valence electrons. The van der Waals surface area contributed by atoms with Gasteiger partial charge in [-0.2, -0.15) is 0 Å². The van der Waals surface area contributed by atoms with E-state index in [1.54, 1.807) is 7.11 Å². The average Bonchev–Trinajstić information content (AvgIpc) is 2.53. The Morgan fingerprint density at radius 2 is 2.20 bits per heavy atom. The molecular weight excluding hydrogens is 256 g/mol. The van der Waals surface area contributed by atoms with Gasteiger partial charge in [-0.1, -0.05) is 12.1 Å². The topological polar surface area (TPSA) is 50.8 Å². The molecule has 0 unspecified atom stereocenters. The zero-order chi connectivity index (χ0) is 14.4. The number of hydrogen-bond acceptors (Lipinski definition) is 4. The van der Waals surface area contributed by atoms with Crippen LogP contribution in [0.5, 0.6) is 5.75 Å². The van der Waals surface area contributed by atoms with Crippen LogP contribution in [-0.4, -0.2) is 50.8 Å². The van der Waals surface area contributed by atoms with Gasteiger partial charge >= 0.3 is 0 Å². The number of methoxy groups -OCH3 is 1. The lowest BCUT2D eigenvalue weighted by Crippen LogP contribution is -2.45. The molecule has 1 heterocycles. The summed E-state index contributed by atoms with van der Waals surface area (Å²) < 4.78 is 10.5. The van der Waals surface area contributed by atoms with Crippen molar-refractivity contribution in [1.82, 2.24) is 10.2 Å². The fraction of sp³-hybridized carbons (Fsp3) is 0.533. The summed E-state index contributed by atoms with van der Waals surface area (Å²) in [5.74, 6) is 0.957. The number of nitrogens with zero attached hydrogens (tertiary/aromatic N) is 1. The molecule has 0 saturated carbocycles. The molecule has 0 radical (unpaired) electrons. The lowest BCUT2D eigenvalue weighted by Gasteiger charge is -2.27. The maximum absolute atomic E-state index is 12.0. The summed E-state index contributed by atoms with van der Waals surface area (Å²) in [6.07, 6.45) is 0. The van der Waals surface area contributed by atoms with E-state index in [4.69, 9.17) is 9.47 Å². The molecule has 1 aliphatic heterocycles. The van der Waals surface area contributed by atoms with E-state index in [1.807, 2.05) is 36.1 Å². The summed E-state index contributed by atoms with van der Waals surface area (Å²) in [6.45, 7) is 5.04. The third kappa shape index (κ3) is 3.95. The van der Waals surface area contributed by atoms with E-state index < -0.39 is 0 Å². The number of hydrogen-bond donors (Lipinski definition) is 1. The molecule has 0 spiro atoms. The molecule has 1 saturated heterocycles. The van der Waals surface area contributed by atoms with Crippen LogP contribution in [0.4, 0.5) is 0 Å². The number of carbonyl (C=O) groups is 1. The summed E-state index contributed by atoms with van der Waals surface area (Å²) >= 11 is 0. The Morgan fingerprint density at radius 1 is 1.45 bits per heavy atom. The van der Waals surface area contributed by atoms with E-state index in [0.717, 1.165) is 11.3 Å². The van der Waals surface area contributed by atoms with Crippen LogP contribution in [0.3, 0.4) is 0 Å². The largest absolute Gasteiger partial charge is 0.497 e. The predicted octanol–water partition coefficient (Wildman–Crippen LogP) is 1.20. The first-order valence-corrected chi connectivity index (χ1v) is 6.93. The van der Waals surface area contributed by atoms with Gasteiger partial charge in [0.25, 0.3) is 0 Å². The molecule has 0 aliphatic carbocycles. The minimum Gasteiger partial charge on any atom is -0.497 e. The number of ether oxygens (including phenoxy) is 2. The third-order valence-corrected chi connectivity index (χ3v) is 3.52. The van der Waals surface area contributed by atoms with Crippen molar-refractivity contribution in [2.45, 2.75) is 13.0 Å². The number of morpholine rings is 1. The van der Waals surface area contributed by atoms with E-state index >= 15 is 0 Å². The molecule has 0 aromatic heterocycles. The van der Waals surface area contributed by atoms with Crippen LogP contribution in [0.25, 0.3) is 0 Å². The Bertz CT molecular complexity index is 444. The van der Waals surface area contributed by atoms with Crippen molar-refractivity contribution in [2.24, 2.45) is 0 Å². The second kappa shape index (κ2) is 7.26. The molecule has 1 aliphatic rings. The van der Waals surface area contributed by atoms with E-state index in [9.17, 15) is 4.79 Å². The van der Waals surface area contributed by atoms with Gasteiger partial charge in [-0.05, 0) is 24.6 Å². The lowest BCUT2D eigenvalue weighted by molar-refractivity contribution is -0.134. The first kappa shape index (κ1) is 14.8. The number of rotatable bonds is 5. The van der Waals surface area contributed by atoms with E-state index in [-0.39, 0.29) is 11.9 Å². The van der Waals surface area contributed by atoms with Gasteiger partial charge in [-0.15, -0.1) is 0 Å². The number of amides is 1. The maximum atomic E-state index is 12.0. The SMILES string of the molecule is COc1cccc([C@@H](C)NCC(=O)N2CCOCC2)c1. The van der Waals surface area contributed by atoms with Gasteiger partial charge in [0.15, 0.2) is 0 Å². The summed E-state index contributed by atoms with van der Waals surface area (Å²) in [5, 5.41) is 3.26. The smallest absolute Gasteiger partial charge is 0.236 e. The highest BCUT2D eigenvalue weighted by Gasteiger charge is 2.17. The standard InChI is InChI=1S/C15H22N2O3/c1-12(13-4-3-5-14(10-13)19-2)16-11-15(18)17-6-8-20-9-7-17/h3-5,10,12,16H,6-9,11H2,1-2H3/t12-/m1/s1. The molecule has 1 atom stereocenters. The van der Waals surface area contributed by atoms with Gasteiger partial charge in [0.1, 0.15) is 5.75 Å². The number of carbonyl (C=O) groups excluding carboxylic acids is 1. The van der Waals surface area contributed by atoms with Crippen LogP contribution < -0.4 is 10.1 Å². The Hall–Kier alpha value is -1.59. The quantitative estimate of drug-likeness (QED) is 0.879. The van der Waals surface area contributed by atoms with Gasteiger partial charge in [0, 0.05) is 19.1 Å². The second-order valence-corrected chi connectivity index (χ2v) is 4.87. The molecule has 20 heavy (non-hydrogen) atoms. The highest BCUT2D eigenvalue weighted by Crippen LogP contribution is 2.18. The molecule has 1 fully saturated rings. The van der Waals surface area contributed by atoms with Crippen LogP contribution in [-0.2, 0) is 9.53 Å². The molecule has 5 nitrogen and oxygen atoms in total. The highest BCUT2D eigenvalue weighted by molar-refractivity contribution is 5.78. The van der Waals surface area contributed by atoms with Gasteiger partial charge < -0.3 is 19.7 Å². The van der Waals surface area contributed by atoms with Crippen molar-refractivity contribution in [2.75, 3.05) is 40.0 Å². The fourth-order valence-electron chi connectivity index (χ4n) is 2.19. The minimum atomic E-state index is 0.107. The van der Waals surface area contributed by atoms with Gasteiger partial charge in [0.05, 0.1) is 26.9 Å². The summed E-state index contributed by atoms with van der Waals surface area (Å²) in [6, 6.07) is 7.98. The molecular formula is C15H22N2O3. The molecule has 1 aromatic rings. The van der Waals surface area contributed by atoms with Crippen molar-refractivity contribution in [3.05, 3.63) is 29.8 Å². The summed E-state index contributed by atoms with van der Waals surface area (Å²) in [4.78, 5) is 13.9. The van der Waals surface area contributed by atoms with Crippen LogP contribution in [0.2, 0.25) is 0 Å². The first-order chi connectivity index (χ1) is 9.70. The number of benzene rings is 1. The first-order valence-electron chi connectivity index (χ1n) is 6.93. The zero-order valence-corrected chi connectivity index (χ0v) is 12.1. The molecule has 1 N–H and O–H groups in total. The van der Waals surface area contributed by atoms with E-state index in [0.29, 0.717) is 32.8 Å². The van der Waals surface area contributed by atoms with Gasteiger partial charge in [-0.3, -0.25) is 4.79 Å². The Kier molecular flexibility index (Phi) is 5.38. The van der Waals surface area contributed by atoms with Crippen molar-refractivity contribution in [3.63, 3.8) is 0 Å². The molecule has 1 aromatic carbocycles. The average molecular weight is 278 g/mol. The Morgan fingerprint density at radius 3 is 2.90 bits per heavy atom. The highest BCUT2D eigenvalue weighted by atomic mass is 16.5. The zero-order valence-electron chi connectivity index (χ0n) is 12.1. The minimum absolute atomic E-state index is 0.107. The van der Waals surface area contributed by atoms with Crippen LogP contribution >= 0.6 is 0 Å². The van der Waals surface area contributed by atoms with Crippen LogP contribution in [0, 0.1) is 0 Å². The molecule has 1 amide bonds. The fourth-order valence-corrected chi connectivity index (χ4v) is 2.19. The van der Waals surface area contributed by atoms with E-state index in [1.165, 1.54) is 0 Å². The van der Waals surface area contributed by atoms with Gasteiger partial charge in [0.2, 0.25) is 5.91 Å². The van der Waals surface area contributed by atoms with Crippen molar-refractivity contribution in [3.8, 4) is 5.75 Å². The third-order valence-electron chi connectivity index (χ3n) is 3.52. The van der Waals surface area contributed by atoms with Crippen molar-refractivity contribution < 1.29 is 14.3 Å². The maximum Gasteiger partial charge on any atom is 0.236 e. The summed E-state index contributed by atoms with van der Waals surface area (Å²) in [5.41, 5.74) is 1.11.